The van der Waals surface area contributed by atoms with E-state index in [9.17, 15) is 9.59 Å². The molecule has 1 amide bonds. The molecule has 24 heavy (non-hydrogen) atoms. The average Bonchev–Trinajstić information content (AvgIpc) is 2.57. The Bertz CT molecular complexity index is 788. The molecule has 5 heteroatoms. The van der Waals surface area contributed by atoms with Gasteiger partial charge < -0.3 is 15.2 Å². The lowest BCUT2D eigenvalue weighted by Crippen LogP contribution is -2.24. The number of carboxylic acid groups (broad SMARTS) is 1. The van der Waals surface area contributed by atoms with Crippen molar-refractivity contribution in [2.24, 2.45) is 0 Å². The number of nitrogens with one attached hydrogen (secondary N) is 1. The fraction of sp³-hybridized carbons (Fsp3) is 0.158. The van der Waals surface area contributed by atoms with Crippen LogP contribution in [0.1, 0.15) is 27.0 Å². The second-order valence-corrected chi connectivity index (χ2v) is 5.05. The molecule has 0 aliphatic carbocycles. The maximum Gasteiger partial charge on any atom is 0.408 e. The number of hydrogen-bond donors (Lipinski definition) is 2. The molecule has 0 fully saturated rings. The van der Waals surface area contributed by atoms with Crippen LogP contribution in [-0.2, 0) is 11.3 Å². The molecule has 2 aromatic carbocycles. The van der Waals surface area contributed by atoms with Gasteiger partial charge in [-0.1, -0.05) is 42.2 Å². The number of ether oxygens (including phenoxy) is 1. The third-order valence-electron chi connectivity index (χ3n) is 3.22. The fourth-order valence-corrected chi connectivity index (χ4v) is 2.02. The van der Waals surface area contributed by atoms with Crippen molar-refractivity contribution in [3.05, 3.63) is 70.8 Å². The van der Waals surface area contributed by atoms with Crippen molar-refractivity contribution >= 4 is 12.1 Å². The number of benzene rings is 2. The quantitative estimate of drug-likeness (QED) is 0.848. The van der Waals surface area contributed by atoms with Gasteiger partial charge in [-0.25, -0.2) is 9.59 Å². The fourth-order valence-electron chi connectivity index (χ4n) is 2.02. The van der Waals surface area contributed by atoms with E-state index in [1.54, 1.807) is 19.1 Å². The molecule has 0 aromatic heterocycles. The largest absolute Gasteiger partial charge is 0.478 e. The van der Waals surface area contributed by atoms with Crippen molar-refractivity contribution in [1.82, 2.24) is 5.32 Å². The zero-order chi connectivity index (χ0) is 17.4. The Morgan fingerprint density at radius 2 is 1.92 bits per heavy atom. The van der Waals surface area contributed by atoms with Gasteiger partial charge in [-0.2, -0.15) is 0 Å². The molecule has 2 aromatic rings. The van der Waals surface area contributed by atoms with Crippen molar-refractivity contribution in [2.75, 3.05) is 6.54 Å². The number of aromatic carboxylic acids is 1. The first-order valence-electron chi connectivity index (χ1n) is 7.33. The Kier molecular flexibility index (Phi) is 5.98. The van der Waals surface area contributed by atoms with E-state index in [1.165, 1.54) is 6.07 Å². The Hall–Kier alpha value is -3.26. The van der Waals surface area contributed by atoms with E-state index in [0.717, 1.165) is 5.56 Å². The molecule has 0 atom stereocenters. The number of hydrogen-bond acceptors (Lipinski definition) is 3. The van der Waals surface area contributed by atoms with Gasteiger partial charge in [-0.05, 0) is 36.2 Å². The van der Waals surface area contributed by atoms with E-state index >= 15 is 0 Å². The van der Waals surface area contributed by atoms with E-state index < -0.39 is 12.1 Å². The van der Waals surface area contributed by atoms with Crippen molar-refractivity contribution in [3.63, 3.8) is 0 Å². The van der Waals surface area contributed by atoms with Crippen LogP contribution in [-0.4, -0.2) is 23.7 Å². The van der Waals surface area contributed by atoms with Gasteiger partial charge in [0.1, 0.15) is 6.61 Å². The van der Waals surface area contributed by atoms with Crippen LogP contribution in [0.15, 0.2) is 48.5 Å². The molecule has 0 spiro atoms. The van der Waals surface area contributed by atoms with Crippen LogP contribution >= 0.6 is 0 Å². The van der Waals surface area contributed by atoms with E-state index in [-0.39, 0.29) is 18.7 Å². The highest BCUT2D eigenvalue weighted by Crippen LogP contribution is 2.10. The average molecular weight is 323 g/mol. The van der Waals surface area contributed by atoms with Crippen LogP contribution in [0, 0.1) is 18.8 Å². The summed E-state index contributed by atoms with van der Waals surface area (Å²) in [5.41, 5.74) is 2.50. The molecule has 0 aliphatic rings. The van der Waals surface area contributed by atoms with Crippen LogP contribution in [0.4, 0.5) is 4.79 Å². The normalized spacial score (nSPS) is 9.54. The standard InChI is InChI=1S/C19H17NO4/c1-14-12-15(9-10-17(14)18(21)22)8-5-11-20-19(23)24-13-16-6-3-2-4-7-16/h2-4,6-7,9-10,12H,11,13H2,1H3,(H,20,23)(H,21,22). The molecular weight excluding hydrogens is 306 g/mol. The number of rotatable bonds is 4. The van der Waals surface area contributed by atoms with Crippen LogP contribution in [0.2, 0.25) is 0 Å². The van der Waals surface area contributed by atoms with Gasteiger partial charge in [0.2, 0.25) is 0 Å². The van der Waals surface area contributed by atoms with Crippen molar-refractivity contribution in [3.8, 4) is 11.8 Å². The molecule has 0 saturated heterocycles. The predicted molar refractivity (Wildman–Crippen MR) is 89.6 cm³/mol. The summed E-state index contributed by atoms with van der Waals surface area (Å²) in [5, 5.41) is 11.5. The third-order valence-corrected chi connectivity index (χ3v) is 3.22. The van der Waals surface area contributed by atoms with Crippen molar-refractivity contribution in [2.45, 2.75) is 13.5 Å². The summed E-state index contributed by atoms with van der Waals surface area (Å²) < 4.78 is 5.06. The summed E-state index contributed by atoms with van der Waals surface area (Å²) in [4.78, 5) is 22.5. The van der Waals surface area contributed by atoms with Crippen molar-refractivity contribution in [1.29, 1.82) is 0 Å². The summed E-state index contributed by atoms with van der Waals surface area (Å²) in [5.74, 6) is 4.70. The lowest BCUT2D eigenvalue weighted by molar-refractivity contribution is 0.0696. The molecule has 0 unspecified atom stereocenters. The molecular formula is C19H17NO4. The number of carboxylic acids is 1. The first-order chi connectivity index (χ1) is 11.6. The molecule has 0 bridgehead atoms. The molecule has 0 saturated carbocycles. The minimum atomic E-state index is -0.963. The molecule has 0 heterocycles. The number of aryl methyl sites for hydroxylation is 1. The van der Waals surface area contributed by atoms with Gasteiger partial charge in [-0.3, -0.25) is 0 Å². The monoisotopic (exact) mass is 323 g/mol. The Labute approximate surface area is 140 Å². The molecule has 5 nitrogen and oxygen atoms in total. The number of amides is 1. The first-order valence-corrected chi connectivity index (χ1v) is 7.33. The van der Waals surface area contributed by atoms with Crippen LogP contribution < -0.4 is 5.32 Å². The minimum absolute atomic E-state index is 0.146. The summed E-state index contributed by atoms with van der Waals surface area (Å²) in [6.07, 6.45) is -0.537. The Balaban J connectivity index is 1.80. The number of carbonyl (C=O) groups excluding carboxylic acids is 1. The van der Waals surface area contributed by atoms with Crippen molar-refractivity contribution < 1.29 is 19.4 Å². The van der Waals surface area contributed by atoms with Gasteiger partial charge in [-0.15, -0.1) is 0 Å². The number of alkyl carbamates (subject to hydrolysis) is 1. The third kappa shape index (κ3) is 5.18. The highest BCUT2D eigenvalue weighted by atomic mass is 16.5. The van der Waals surface area contributed by atoms with Gasteiger partial charge in [0.15, 0.2) is 0 Å². The molecule has 0 aliphatic heterocycles. The van der Waals surface area contributed by atoms with E-state index in [1.807, 2.05) is 30.3 Å². The van der Waals surface area contributed by atoms with Gasteiger partial charge in [0, 0.05) is 5.56 Å². The van der Waals surface area contributed by atoms with Crippen LogP contribution in [0.3, 0.4) is 0 Å². The maximum absolute atomic E-state index is 11.5. The Morgan fingerprint density at radius 3 is 2.58 bits per heavy atom. The highest BCUT2D eigenvalue weighted by Gasteiger charge is 2.06. The second-order valence-electron chi connectivity index (χ2n) is 5.05. The van der Waals surface area contributed by atoms with Crippen LogP contribution in [0.5, 0.6) is 0 Å². The summed E-state index contributed by atoms with van der Waals surface area (Å²) in [7, 11) is 0. The summed E-state index contributed by atoms with van der Waals surface area (Å²) in [6.45, 7) is 2.07. The Morgan fingerprint density at radius 1 is 1.17 bits per heavy atom. The zero-order valence-electron chi connectivity index (χ0n) is 13.2. The second kappa shape index (κ2) is 8.39. The SMILES string of the molecule is Cc1cc(C#CCNC(=O)OCc2ccccc2)ccc1C(=O)O. The molecule has 2 rings (SSSR count). The van der Waals surface area contributed by atoms with E-state index in [2.05, 4.69) is 17.2 Å². The molecule has 0 radical (unpaired) electrons. The zero-order valence-corrected chi connectivity index (χ0v) is 13.2. The maximum atomic E-state index is 11.5. The van der Waals surface area contributed by atoms with Crippen LogP contribution in [0.25, 0.3) is 0 Å². The minimum Gasteiger partial charge on any atom is -0.478 e. The summed E-state index contributed by atoms with van der Waals surface area (Å²) in [6, 6.07) is 14.2. The highest BCUT2D eigenvalue weighted by molar-refractivity contribution is 5.89. The van der Waals surface area contributed by atoms with Gasteiger partial charge in [0.25, 0.3) is 0 Å². The lowest BCUT2D eigenvalue weighted by Gasteiger charge is -2.04. The van der Waals surface area contributed by atoms with E-state index in [0.29, 0.717) is 11.1 Å². The predicted octanol–water partition coefficient (Wildman–Crippen LogP) is 2.97. The van der Waals surface area contributed by atoms with Gasteiger partial charge >= 0.3 is 12.1 Å². The number of carbonyl (C=O) groups is 2. The smallest absolute Gasteiger partial charge is 0.408 e. The molecule has 2 N–H and O–H groups in total. The summed E-state index contributed by atoms with van der Waals surface area (Å²) >= 11 is 0. The lowest BCUT2D eigenvalue weighted by atomic mass is 10.1. The topological polar surface area (TPSA) is 75.6 Å². The van der Waals surface area contributed by atoms with Gasteiger partial charge in [0.05, 0.1) is 12.1 Å². The van der Waals surface area contributed by atoms with E-state index in [4.69, 9.17) is 9.84 Å². The molecule has 122 valence electrons. The first kappa shape index (κ1) is 17.1.